The van der Waals surface area contributed by atoms with Gasteiger partial charge in [-0.2, -0.15) is 8.78 Å². The van der Waals surface area contributed by atoms with Gasteiger partial charge in [-0.3, -0.25) is 4.79 Å². The van der Waals surface area contributed by atoms with Gasteiger partial charge in [-0.1, -0.05) is 11.8 Å². The van der Waals surface area contributed by atoms with Crippen LogP contribution in [-0.4, -0.2) is 34.8 Å². The Bertz CT molecular complexity index is 764. The standard InChI is InChI=1S/C19H21F2N3OS2/c1-3-24(4-2)17(25)13-5-7-14(8-6-13)22-19(26)23-15-9-11-16(12-10-15)27-18(20)21/h5-12,18H,3-4H2,1-2H3,(H2,22,23,26). The lowest BCUT2D eigenvalue weighted by Crippen LogP contribution is -2.30. The van der Waals surface area contributed by atoms with Crippen LogP contribution in [0.25, 0.3) is 0 Å². The number of halogens is 2. The molecule has 0 aliphatic heterocycles. The Morgan fingerprint density at radius 2 is 1.48 bits per heavy atom. The molecule has 0 saturated heterocycles. The van der Waals surface area contributed by atoms with Crippen molar-refractivity contribution in [3.63, 3.8) is 0 Å². The fraction of sp³-hybridized carbons (Fsp3) is 0.263. The lowest BCUT2D eigenvalue weighted by molar-refractivity contribution is 0.0773. The average molecular weight is 410 g/mol. The third-order valence-electron chi connectivity index (χ3n) is 3.78. The highest BCUT2D eigenvalue weighted by Gasteiger charge is 2.12. The number of thioether (sulfide) groups is 1. The Labute approximate surface area is 167 Å². The van der Waals surface area contributed by atoms with Crippen LogP contribution in [0.5, 0.6) is 0 Å². The summed E-state index contributed by atoms with van der Waals surface area (Å²) >= 11 is 5.76. The number of hydrogen-bond acceptors (Lipinski definition) is 3. The summed E-state index contributed by atoms with van der Waals surface area (Å²) < 4.78 is 24.7. The zero-order chi connectivity index (χ0) is 19.8. The molecule has 0 aliphatic rings. The van der Waals surface area contributed by atoms with Crippen LogP contribution in [0.1, 0.15) is 24.2 Å². The zero-order valence-corrected chi connectivity index (χ0v) is 16.7. The predicted molar refractivity (Wildman–Crippen MR) is 112 cm³/mol. The lowest BCUT2D eigenvalue weighted by Gasteiger charge is -2.18. The van der Waals surface area contributed by atoms with Crippen molar-refractivity contribution in [2.75, 3.05) is 23.7 Å². The highest BCUT2D eigenvalue weighted by Crippen LogP contribution is 2.26. The first kappa shape index (κ1) is 21.1. The molecule has 0 spiro atoms. The second kappa shape index (κ2) is 10.2. The summed E-state index contributed by atoms with van der Waals surface area (Å²) in [6.07, 6.45) is 0. The van der Waals surface area contributed by atoms with E-state index in [2.05, 4.69) is 10.6 Å². The quantitative estimate of drug-likeness (QED) is 0.480. The molecule has 8 heteroatoms. The van der Waals surface area contributed by atoms with Gasteiger partial charge in [0.1, 0.15) is 0 Å². The number of rotatable bonds is 7. The average Bonchev–Trinajstić information content (AvgIpc) is 2.64. The molecule has 0 unspecified atom stereocenters. The fourth-order valence-electron chi connectivity index (χ4n) is 2.40. The summed E-state index contributed by atoms with van der Waals surface area (Å²) in [7, 11) is 0. The molecule has 0 heterocycles. The summed E-state index contributed by atoms with van der Waals surface area (Å²) in [6, 6.07) is 13.7. The molecule has 2 rings (SSSR count). The third-order valence-corrected chi connectivity index (χ3v) is 4.70. The Hall–Kier alpha value is -2.19. The monoisotopic (exact) mass is 409 g/mol. The van der Waals surface area contributed by atoms with Crippen molar-refractivity contribution in [3.8, 4) is 0 Å². The van der Waals surface area contributed by atoms with Crippen LogP contribution in [0.2, 0.25) is 0 Å². The van der Waals surface area contributed by atoms with Crippen molar-refractivity contribution >= 4 is 46.4 Å². The summed E-state index contributed by atoms with van der Waals surface area (Å²) in [6.45, 7) is 5.22. The normalized spacial score (nSPS) is 10.6. The maximum atomic E-state index is 12.3. The van der Waals surface area contributed by atoms with E-state index in [1.54, 1.807) is 53.4 Å². The van der Waals surface area contributed by atoms with Crippen LogP contribution in [-0.2, 0) is 0 Å². The molecule has 0 bridgehead atoms. The number of hydrogen-bond donors (Lipinski definition) is 2. The number of carbonyl (C=O) groups excluding carboxylic acids is 1. The van der Waals surface area contributed by atoms with Crippen molar-refractivity contribution in [1.29, 1.82) is 0 Å². The largest absolute Gasteiger partial charge is 0.339 e. The van der Waals surface area contributed by atoms with Gasteiger partial charge in [0.05, 0.1) is 0 Å². The number of thiocarbonyl (C=S) groups is 1. The molecule has 2 N–H and O–H groups in total. The minimum atomic E-state index is -2.44. The van der Waals surface area contributed by atoms with E-state index >= 15 is 0 Å². The molecule has 27 heavy (non-hydrogen) atoms. The van der Waals surface area contributed by atoms with Crippen LogP contribution in [0.3, 0.4) is 0 Å². The topological polar surface area (TPSA) is 44.4 Å². The van der Waals surface area contributed by atoms with Gasteiger partial charge in [0.25, 0.3) is 11.7 Å². The van der Waals surface area contributed by atoms with Crippen LogP contribution >= 0.6 is 24.0 Å². The summed E-state index contributed by atoms with van der Waals surface area (Å²) in [4.78, 5) is 14.5. The van der Waals surface area contributed by atoms with E-state index in [1.807, 2.05) is 13.8 Å². The van der Waals surface area contributed by atoms with Crippen molar-refractivity contribution in [2.45, 2.75) is 24.5 Å². The van der Waals surface area contributed by atoms with Crippen LogP contribution in [0, 0.1) is 0 Å². The number of carbonyl (C=O) groups is 1. The molecular weight excluding hydrogens is 388 g/mol. The van der Waals surface area contributed by atoms with Gasteiger partial charge in [0.15, 0.2) is 5.11 Å². The first-order valence-corrected chi connectivity index (χ1v) is 9.74. The SMILES string of the molecule is CCN(CC)C(=O)c1ccc(NC(=S)Nc2ccc(SC(F)F)cc2)cc1. The van der Waals surface area contributed by atoms with E-state index < -0.39 is 5.76 Å². The van der Waals surface area contributed by atoms with Crippen molar-refractivity contribution in [2.24, 2.45) is 0 Å². The van der Waals surface area contributed by atoms with E-state index in [9.17, 15) is 13.6 Å². The van der Waals surface area contributed by atoms with Crippen molar-refractivity contribution in [3.05, 3.63) is 54.1 Å². The minimum Gasteiger partial charge on any atom is -0.339 e. The minimum absolute atomic E-state index is 0.00555. The number of benzene rings is 2. The van der Waals surface area contributed by atoms with E-state index in [1.165, 1.54) is 0 Å². The van der Waals surface area contributed by atoms with Gasteiger partial charge >= 0.3 is 0 Å². The molecule has 0 aliphatic carbocycles. The van der Waals surface area contributed by atoms with Gasteiger partial charge in [-0.25, -0.2) is 0 Å². The van der Waals surface area contributed by atoms with Gasteiger partial charge in [0, 0.05) is 34.9 Å². The zero-order valence-electron chi connectivity index (χ0n) is 15.0. The van der Waals surface area contributed by atoms with Gasteiger partial charge < -0.3 is 15.5 Å². The Morgan fingerprint density at radius 3 is 1.93 bits per heavy atom. The molecular formula is C19H21F2N3OS2. The number of nitrogens with zero attached hydrogens (tertiary/aromatic N) is 1. The van der Waals surface area contributed by atoms with E-state index in [0.717, 1.165) is 5.69 Å². The van der Waals surface area contributed by atoms with Gasteiger partial charge in [-0.05, 0) is 74.6 Å². The summed E-state index contributed by atoms with van der Waals surface area (Å²) in [5.74, 6) is -2.45. The number of amides is 1. The smallest absolute Gasteiger partial charge is 0.288 e. The molecule has 4 nitrogen and oxygen atoms in total. The molecule has 0 saturated carbocycles. The first-order chi connectivity index (χ1) is 12.9. The lowest BCUT2D eigenvalue weighted by atomic mass is 10.2. The number of anilines is 2. The molecule has 0 radical (unpaired) electrons. The molecule has 0 aromatic heterocycles. The number of nitrogens with one attached hydrogen (secondary N) is 2. The molecule has 2 aromatic rings. The highest BCUT2D eigenvalue weighted by atomic mass is 32.2. The Kier molecular flexibility index (Phi) is 7.99. The second-order valence-electron chi connectivity index (χ2n) is 5.54. The molecule has 0 fully saturated rings. The van der Waals surface area contributed by atoms with Crippen LogP contribution in [0.15, 0.2) is 53.4 Å². The van der Waals surface area contributed by atoms with Gasteiger partial charge in [0.2, 0.25) is 0 Å². The second-order valence-corrected chi connectivity index (χ2v) is 7.01. The highest BCUT2D eigenvalue weighted by molar-refractivity contribution is 7.99. The van der Waals surface area contributed by atoms with E-state index in [4.69, 9.17) is 12.2 Å². The molecule has 144 valence electrons. The molecule has 1 amide bonds. The van der Waals surface area contributed by atoms with E-state index in [0.29, 0.717) is 46.1 Å². The Morgan fingerprint density at radius 1 is 1.00 bits per heavy atom. The summed E-state index contributed by atoms with van der Waals surface area (Å²) in [5, 5.41) is 6.39. The maximum Gasteiger partial charge on any atom is 0.288 e. The first-order valence-electron chi connectivity index (χ1n) is 8.45. The van der Waals surface area contributed by atoms with Crippen LogP contribution < -0.4 is 10.6 Å². The number of alkyl halides is 2. The van der Waals surface area contributed by atoms with E-state index in [-0.39, 0.29) is 5.91 Å². The third kappa shape index (κ3) is 6.48. The summed E-state index contributed by atoms with van der Waals surface area (Å²) in [5.41, 5.74) is 2.06. The Balaban J connectivity index is 1.93. The van der Waals surface area contributed by atoms with Gasteiger partial charge in [-0.15, -0.1) is 0 Å². The van der Waals surface area contributed by atoms with Crippen LogP contribution in [0.4, 0.5) is 20.2 Å². The van der Waals surface area contributed by atoms with Crippen molar-refractivity contribution < 1.29 is 13.6 Å². The fourth-order valence-corrected chi connectivity index (χ4v) is 3.14. The molecule has 0 atom stereocenters. The van der Waals surface area contributed by atoms with Crippen molar-refractivity contribution in [1.82, 2.24) is 4.90 Å². The molecule has 2 aromatic carbocycles. The predicted octanol–water partition coefficient (Wildman–Crippen LogP) is 5.29. The maximum absolute atomic E-state index is 12.3.